The number of carbonyl (C=O) groups excluding carboxylic acids is 2. The zero-order valence-corrected chi connectivity index (χ0v) is 15.8. The second kappa shape index (κ2) is 8.96. The highest BCUT2D eigenvalue weighted by Gasteiger charge is 2.13. The maximum atomic E-state index is 12.2. The van der Waals surface area contributed by atoms with Crippen LogP contribution in [0.2, 0.25) is 5.02 Å². The highest BCUT2D eigenvalue weighted by Crippen LogP contribution is 2.20. The molecule has 0 aliphatic heterocycles. The molecule has 1 aliphatic rings. The number of allylic oxidation sites excluding steroid dienone is 1. The smallest absolute Gasteiger partial charge is 0.270 e. The molecule has 1 aliphatic carbocycles. The molecule has 5 nitrogen and oxygen atoms in total. The van der Waals surface area contributed by atoms with E-state index in [1.54, 1.807) is 29.6 Å². The number of hydrogen-bond donors (Lipinski definition) is 2. The Labute approximate surface area is 161 Å². The third-order valence-corrected chi connectivity index (χ3v) is 5.19. The summed E-state index contributed by atoms with van der Waals surface area (Å²) in [5.41, 5.74) is 2.22. The van der Waals surface area contributed by atoms with Crippen LogP contribution in [0, 0.1) is 0 Å². The average Bonchev–Trinajstić information content (AvgIpc) is 3.11. The fourth-order valence-electron chi connectivity index (χ4n) is 2.76. The van der Waals surface area contributed by atoms with Crippen molar-refractivity contribution in [3.8, 4) is 0 Å². The van der Waals surface area contributed by atoms with Crippen molar-refractivity contribution in [3.05, 3.63) is 57.6 Å². The number of nitrogens with zero attached hydrogens (tertiary/aromatic N) is 1. The lowest BCUT2D eigenvalue weighted by Crippen LogP contribution is -2.25. The first-order valence-electron chi connectivity index (χ1n) is 8.60. The molecule has 0 radical (unpaired) electrons. The number of halogens is 1. The highest BCUT2D eigenvalue weighted by atomic mass is 35.5. The van der Waals surface area contributed by atoms with Crippen LogP contribution in [-0.4, -0.2) is 23.3 Å². The minimum absolute atomic E-state index is 0.218. The molecule has 3 rings (SSSR count). The largest absolute Gasteiger partial charge is 0.350 e. The molecular formula is C19H20ClN3O2S. The van der Waals surface area contributed by atoms with Crippen LogP contribution < -0.4 is 10.6 Å². The van der Waals surface area contributed by atoms with E-state index < -0.39 is 0 Å². The van der Waals surface area contributed by atoms with Gasteiger partial charge in [-0.3, -0.25) is 14.9 Å². The van der Waals surface area contributed by atoms with Crippen LogP contribution >= 0.6 is 22.9 Å². The monoisotopic (exact) mass is 389 g/mol. The molecule has 0 unspecified atom stereocenters. The Hall–Kier alpha value is -2.18. The summed E-state index contributed by atoms with van der Waals surface area (Å²) in [7, 11) is 0. The van der Waals surface area contributed by atoms with Crippen molar-refractivity contribution in [3.63, 3.8) is 0 Å². The van der Waals surface area contributed by atoms with E-state index in [-0.39, 0.29) is 11.8 Å². The fraction of sp³-hybridized carbons (Fsp3) is 0.316. The van der Waals surface area contributed by atoms with Crippen LogP contribution in [0.1, 0.15) is 53.0 Å². The molecule has 2 N–H and O–H groups in total. The van der Waals surface area contributed by atoms with E-state index >= 15 is 0 Å². The summed E-state index contributed by atoms with van der Waals surface area (Å²) >= 11 is 7.04. The third kappa shape index (κ3) is 5.16. The fourth-order valence-corrected chi connectivity index (χ4v) is 3.58. The van der Waals surface area contributed by atoms with Gasteiger partial charge in [0.2, 0.25) is 0 Å². The van der Waals surface area contributed by atoms with Crippen molar-refractivity contribution in [2.24, 2.45) is 0 Å². The zero-order chi connectivity index (χ0) is 18.4. The van der Waals surface area contributed by atoms with E-state index in [1.165, 1.54) is 29.8 Å². The molecule has 0 bridgehead atoms. The number of rotatable bonds is 6. The van der Waals surface area contributed by atoms with Gasteiger partial charge in [-0.1, -0.05) is 23.3 Å². The first-order chi connectivity index (χ1) is 12.6. The number of thiazole rings is 1. The van der Waals surface area contributed by atoms with Crippen molar-refractivity contribution in [1.29, 1.82) is 0 Å². The lowest BCUT2D eigenvalue weighted by atomic mass is 9.97. The number of anilines is 1. The van der Waals surface area contributed by atoms with Gasteiger partial charge in [-0.05, 0) is 56.4 Å². The number of amides is 2. The molecule has 0 spiro atoms. The van der Waals surface area contributed by atoms with E-state index in [0.29, 0.717) is 28.0 Å². The van der Waals surface area contributed by atoms with Gasteiger partial charge >= 0.3 is 0 Å². The number of hydrogen-bond acceptors (Lipinski definition) is 4. The number of carbonyl (C=O) groups is 2. The summed E-state index contributed by atoms with van der Waals surface area (Å²) in [5, 5.41) is 8.19. The van der Waals surface area contributed by atoms with Crippen molar-refractivity contribution >= 4 is 39.9 Å². The summed E-state index contributed by atoms with van der Waals surface area (Å²) in [6.07, 6.45) is 7.94. The lowest BCUT2D eigenvalue weighted by molar-refractivity contribution is 0.0948. The second-order valence-corrected chi connectivity index (χ2v) is 7.41. The Morgan fingerprint density at radius 2 is 1.96 bits per heavy atom. The minimum Gasteiger partial charge on any atom is -0.350 e. The van der Waals surface area contributed by atoms with Crippen LogP contribution in [0.5, 0.6) is 0 Å². The molecule has 1 heterocycles. The van der Waals surface area contributed by atoms with Gasteiger partial charge in [0.25, 0.3) is 11.8 Å². The SMILES string of the molecule is O=C(Nc1nc(C(=O)NCCC2=CCCCC2)cs1)c1ccc(Cl)cc1. The Bertz CT molecular complexity index is 814. The van der Waals surface area contributed by atoms with Crippen molar-refractivity contribution in [1.82, 2.24) is 10.3 Å². The summed E-state index contributed by atoms with van der Waals surface area (Å²) < 4.78 is 0. The lowest BCUT2D eigenvalue weighted by Gasteiger charge is -2.12. The van der Waals surface area contributed by atoms with Gasteiger partial charge in [-0.2, -0.15) is 0 Å². The van der Waals surface area contributed by atoms with E-state index in [2.05, 4.69) is 21.7 Å². The van der Waals surface area contributed by atoms with E-state index in [0.717, 1.165) is 19.3 Å². The molecule has 2 aromatic rings. The first-order valence-corrected chi connectivity index (χ1v) is 9.86. The quantitative estimate of drug-likeness (QED) is 0.705. The molecule has 26 heavy (non-hydrogen) atoms. The van der Waals surface area contributed by atoms with Crippen LogP contribution in [0.25, 0.3) is 0 Å². The molecule has 1 aromatic carbocycles. The summed E-state index contributed by atoms with van der Waals surface area (Å²) in [6, 6.07) is 6.58. The number of aromatic nitrogens is 1. The summed E-state index contributed by atoms with van der Waals surface area (Å²) in [6.45, 7) is 0.606. The number of nitrogens with one attached hydrogen (secondary N) is 2. The minimum atomic E-state index is -0.285. The van der Waals surface area contributed by atoms with Crippen LogP contribution in [0.15, 0.2) is 41.3 Å². The molecule has 7 heteroatoms. The maximum absolute atomic E-state index is 12.2. The summed E-state index contributed by atoms with van der Waals surface area (Å²) in [4.78, 5) is 28.5. The molecule has 0 saturated carbocycles. The Balaban J connectivity index is 1.50. The molecule has 1 aromatic heterocycles. The van der Waals surface area contributed by atoms with Crippen molar-refractivity contribution < 1.29 is 9.59 Å². The van der Waals surface area contributed by atoms with Gasteiger partial charge in [0.1, 0.15) is 5.69 Å². The van der Waals surface area contributed by atoms with E-state index in [1.807, 2.05) is 0 Å². The molecule has 0 atom stereocenters. The third-order valence-electron chi connectivity index (χ3n) is 4.18. The first kappa shape index (κ1) is 18.6. The van der Waals surface area contributed by atoms with Crippen LogP contribution in [-0.2, 0) is 0 Å². The maximum Gasteiger partial charge on any atom is 0.270 e. The predicted octanol–water partition coefficient (Wildman–Crippen LogP) is 4.67. The van der Waals surface area contributed by atoms with Gasteiger partial charge in [0.15, 0.2) is 5.13 Å². The molecule has 136 valence electrons. The van der Waals surface area contributed by atoms with Gasteiger partial charge in [-0.25, -0.2) is 4.98 Å². The van der Waals surface area contributed by atoms with Gasteiger partial charge in [-0.15, -0.1) is 11.3 Å². The molecular weight excluding hydrogens is 370 g/mol. The van der Waals surface area contributed by atoms with Crippen molar-refractivity contribution in [2.45, 2.75) is 32.1 Å². The molecule has 0 saturated heterocycles. The van der Waals surface area contributed by atoms with E-state index in [9.17, 15) is 9.59 Å². The normalized spacial score (nSPS) is 13.8. The van der Waals surface area contributed by atoms with E-state index in [4.69, 9.17) is 11.6 Å². The standard InChI is InChI=1S/C19H20ClN3O2S/c20-15-8-6-14(7-9-15)17(24)23-19-22-16(12-26-19)18(25)21-11-10-13-4-2-1-3-5-13/h4,6-9,12H,1-3,5,10-11H2,(H,21,25)(H,22,23,24). The van der Waals surface area contributed by atoms with Crippen LogP contribution in [0.3, 0.4) is 0 Å². The van der Waals surface area contributed by atoms with Crippen molar-refractivity contribution in [2.75, 3.05) is 11.9 Å². The Morgan fingerprint density at radius 3 is 2.69 bits per heavy atom. The molecule has 2 amide bonds. The molecule has 0 fully saturated rings. The zero-order valence-electron chi connectivity index (χ0n) is 14.3. The number of benzene rings is 1. The Morgan fingerprint density at radius 1 is 1.15 bits per heavy atom. The topological polar surface area (TPSA) is 71.1 Å². The second-order valence-electron chi connectivity index (χ2n) is 6.11. The highest BCUT2D eigenvalue weighted by molar-refractivity contribution is 7.14. The van der Waals surface area contributed by atoms with Gasteiger partial charge in [0, 0.05) is 22.5 Å². The van der Waals surface area contributed by atoms with Gasteiger partial charge in [0.05, 0.1) is 0 Å². The van der Waals surface area contributed by atoms with Crippen LogP contribution in [0.4, 0.5) is 5.13 Å². The van der Waals surface area contributed by atoms with Gasteiger partial charge < -0.3 is 5.32 Å². The summed E-state index contributed by atoms with van der Waals surface area (Å²) in [5.74, 6) is -0.503. The Kier molecular flexibility index (Phi) is 6.41. The average molecular weight is 390 g/mol. The predicted molar refractivity (Wildman–Crippen MR) is 105 cm³/mol.